The lowest BCUT2D eigenvalue weighted by Crippen LogP contribution is -2.22. The molecule has 2 aromatic carbocycles. The average molecular weight is 394 g/mol. The standard InChI is InChI=1S/C21H19FN4O3/c1-13(27)23-16-3-2-4-17(9-16)24-21(28)19-10-18-12-29-20(11-26(18)25-19)14-5-7-15(22)8-6-14/h2-10,20H,11-12H2,1H3,(H,23,27)(H,24,28). The molecule has 1 unspecified atom stereocenters. The Morgan fingerprint density at radius 3 is 2.55 bits per heavy atom. The Balaban J connectivity index is 1.47. The minimum atomic E-state index is -0.356. The van der Waals surface area contributed by atoms with Crippen LogP contribution in [-0.2, 0) is 22.7 Å². The second-order valence-electron chi connectivity index (χ2n) is 6.77. The van der Waals surface area contributed by atoms with Gasteiger partial charge in [0.2, 0.25) is 5.91 Å². The summed E-state index contributed by atoms with van der Waals surface area (Å²) < 4.78 is 20.7. The van der Waals surface area contributed by atoms with E-state index in [1.54, 1.807) is 47.1 Å². The summed E-state index contributed by atoms with van der Waals surface area (Å²) in [6.45, 7) is 2.16. The van der Waals surface area contributed by atoms with Crippen LogP contribution in [0.3, 0.4) is 0 Å². The highest BCUT2D eigenvalue weighted by Crippen LogP contribution is 2.27. The average Bonchev–Trinajstić information content (AvgIpc) is 3.12. The van der Waals surface area contributed by atoms with E-state index >= 15 is 0 Å². The van der Waals surface area contributed by atoms with E-state index in [-0.39, 0.29) is 29.4 Å². The summed E-state index contributed by atoms with van der Waals surface area (Å²) in [5.41, 5.74) is 3.06. The second-order valence-corrected chi connectivity index (χ2v) is 6.77. The first-order valence-electron chi connectivity index (χ1n) is 9.11. The van der Waals surface area contributed by atoms with E-state index in [1.165, 1.54) is 19.1 Å². The van der Waals surface area contributed by atoms with E-state index in [0.717, 1.165) is 11.3 Å². The van der Waals surface area contributed by atoms with Crippen LogP contribution in [0.5, 0.6) is 0 Å². The van der Waals surface area contributed by atoms with E-state index in [2.05, 4.69) is 15.7 Å². The summed E-state index contributed by atoms with van der Waals surface area (Å²) in [6, 6.07) is 14.7. The Bertz CT molecular complexity index is 1060. The molecule has 7 nitrogen and oxygen atoms in total. The molecule has 0 saturated carbocycles. The van der Waals surface area contributed by atoms with Crippen LogP contribution in [0.2, 0.25) is 0 Å². The zero-order chi connectivity index (χ0) is 20.4. The Morgan fingerprint density at radius 1 is 1.10 bits per heavy atom. The lowest BCUT2D eigenvalue weighted by atomic mass is 10.1. The normalized spacial score (nSPS) is 15.4. The molecule has 1 atom stereocenters. The molecule has 0 saturated heterocycles. The van der Waals surface area contributed by atoms with Gasteiger partial charge < -0.3 is 15.4 Å². The number of aromatic nitrogens is 2. The van der Waals surface area contributed by atoms with Crippen LogP contribution >= 0.6 is 0 Å². The van der Waals surface area contributed by atoms with Gasteiger partial charge in [-0.15, -0.1) is 0 Å². The highest BCUT2D eigenvalue weighted by atomic mass is 19.1. The van der Waals surface area contributed by atoms with E-state index in [0.29, 0.717) is 24.5 Å². The van der Waals surface area contributed by atoms with Crippen LogP contribution in [0, 0.1) is 5.82 Å². The lowest BCUT2D eigenvalue weighted by molar-refractivity contribution is -0.114. The van der Waals surface area contributed by atoms with E-state index < -0.39 is 0 Å². The first-order chi connectivity index (χ1) is 14.0. The predicted octanol–water partition coefficient (Wildman–Crippen LogP) is 3.50. The van der Waals surface area contributed by atoms with Crippen LogP contribution in [0.25, 0.3) is 0 Å². The van der Waals surface area contributed by atoms with Gasteiger partial charge in [0, 0.05) is 18.3 Å². The fraction of sp³-hybridized carbons (Fsp3) is 0.190. The van der Waals surface area contributed by atoms with Crippen LogP contribution in [0.15, 0.2) is 54.6 Å². The molecule has 2 N–H and O–H groups in total. The van der Waals surface area contributed by atoms with Gasteiger partial charge >= 0.3 is 0 Å². The molecule has 2 amide bonds. The Hall–Kier alpha value is -3.52. The van der Waals surface area contributed by atoms with Crippen molar-refractivity contribution < 1.29 is 18.7 Å². The Kier molecular flexibility index (Phi) is 5.09. The van der Waals surface area contributed by atoms with Crippen molar-refractivity contribution in [2.45, 2.75) is 26.2 Å². The van der Waals surface area contributed by atoms with Crippen LogP contribution < -0.4 is 10.6 Å². The number of hydrogen-bond acceptors (Lipinski definition) is 4. The molecule has 4 rings (SSSR count). The number of nitrogens with one attached hydrogen (secondary N) is 2. The molecule has 0 aliphatic carbocycles. The van der Waals surface area contributed by atoms with Gasteiger partial charge in [-0.25, -0.2) is 4.39 Å². The van der Waals surface area contributed by atoms with Gasteiger partial charge in [0.05, 0.1) is 18.8 Å². The SMILES string of the molecule is CC(=O)Nc1cccc(NC(=O)c2cc3n(n2)CC(c2ccc(F)cc2)OC3)c1. The van der Waals surface area contributed by atoms with Gasteiger partial charge in [-0.3, -0.25) is 14.3 Å². The fourth-order valence-electron chi connectivity index (χ4n) is 3.19. The zero-order valence-corrected chi connectivity index (χ0v) is 15.7. The van der Waals surface area contributed by atoms with Crippen molar-refractivity contribution >= 4 is 23.2 Å². The molecule has 8 heteroatoms. The second kappa shape index (κ2) is 7.84. The lowest BCUT2D eigenvalue weighted by Gasteiger charge is -2.24. The molecule has 0 radical (unpaired) electrons. The van der Waals surface area contributed by atoms with Crippen molar-refractivity contribution in [1.29, 1.82) is 0 Å². The van der Waals surface area contributed by atoms with E-state index in [1.807, 2.05) is 0 Å². The summed E-state index contributed by atoms with van der Waals surface area (Å²) in [4.78, 5) is 23.8. The Morgan fingerprint density at radius 2 is 1.83 bits per heavy atom. The van der Waals surface area contributed by atoms with E-state index in [4.69, 9.17) is 4.74 Å². The zero-order valence-electron chi connectivity index (χ0n) is 15.7. The predicted molar refractivity (Wildman–Crippen MR) is 105 cm³/mol. The fourth-order valence-corrected chi connectivity index (χ4v) is 3.19. The van der Waals surface area contributed by atoms with Gasteiger partial charge in [0.25, 0.3) is 5.91 Å². The molecule has 148 valence electrons. The molecule has 0 bridgehead atoms. The monoisotopic (exact) mass is 394 g/mol. The maximum absolute atomic E-state index is 13.1. The molecule has 1 aliphatic heterocycles. The van der Waals surface area contributed by atoms with Crippen LogP contribution in [0.4, 0.5) is 15.8 Å². The van der Waals surface area contributed by atoms with Gasteiger partial charge in [-0.2, -0.15) is 5.10 Å². The quantitative estimate of drug-likeness (QED) is 0.709. The number of nitrogens with zero attached hydrogens (tertiary/aromatic N) is 2. The first kappa shape index (κ1) is 18.8. The van der Waals surface area contributed by atoms with Crippen molar-refractivity contribution in [2.24, 2.45) is 0 Å². The molecule has 1 aromatic heterocycles. The largest absolute Gasteiger partial charge is 0.365 e. The van der Waals surface area contributed by atoms with Crippen molar-refractivity contribution in [2.75, 3.05) is 10.6 Å². The number of halogens is 1. The number of benzene rings is 2. The number of ether oxygens (including phenoxy) is 1. The Labute approximate surface area is 166 Å². The summed E-state index contributed by atoms with van der Waals surface area (Å²) in [5, 5.41) is 9.85. The van der Waals surface area contributed by atoms with Crippen LogP contribution in [-0.4, -0.2) is 21.6 Å². The summed E-state index contributed by atoms with van der Waals surface area (Å²) in [5.74, 6) is -0.845. The maximum Gasteiger partial charge on any atom is 0.276 e. The highest BCUT2D eigenvalue weighted by molar-refractivity contribution is 6.03. The third-order valence-corrected chi connectivity index (χ3v) is 4.55. The van der Waals surface area contributed by atoms with Gasteiger partial charge in [0.1, 0.15) is 11.9 Å². The number of fused-ring (bicyclic) bond motifs is 1. The summed E-state index contributed by atoms with van der Waals surface area (Å²) in [7, 11) is 0. The van der Waals surface area contributed by atoms with Crippen LogP contribution in [0.1, 0.15) is 34.8 Å². The molecular weight excluding hydrogens is 375 g/mol. The molecule has 29 heavy (non-hydrogen) atoms. The van der Waals surface area contributed by atoms with E-state index in [9.17, 15) is 14.0 Å². The number of anilines is 2. The molecule has 0 spiro atoms. The number of amides is 2. The first-order valence-corrected chi connectivity index (χ1v) is 9.11. The van der Waals surface area contributed by atoms with Crippen molar-refractivity contribution in [1.82, 2.24) is 9.78 Å². The number of rotatable bonds is 4. The number of carbonyl (C=O) groups excluding carboxylic acids is 2. The van der Waals surface area contributed by atoms with Crippen molar-refractivity contribution in [3.63, 3.8) is 0 Å². The highest BCUT2D eigenvalue weighted by Gasteiger charge is 2.24. The minimum Gasteiger partial charge on any atom is -0.365 e. The minimum absolute atomic E-state index is 0.189. The smallest absolute Gasteiger partial charge is 0.276 e. The van der Waals surface area contributed by atoms with Crippen molar-refractivity contribution in [3.8, 4) is 0 Å². The topological polar surface area (TPSA) is 85.3 Å². The van der Waals surface area contributed by atoms with Crippen molar-refractivity contribution in [3.05, 3.63) is 77.4 Å². The molecule has 0 fully saturated rings. The van der Waals surface area contributed by atoms with Gasteiger partial charge in [-0.05, 0) is 42.0 Å². The van der Waals surface area contributed by atoms with Gasteiger partial charge in [0.15, 0.2) is 5.69 Å². The summed E-state index contributed by atoms with van der Waals surface area (Å²) in [6.07, 6.45) is -0.256. The number of carbonyl (C=O) groups is 2. The third kappa shape index (κ3) is 4.33. The third-order valence-electron chi connectivity index (χ3n) is 4.55. The summed E-state index contributed by atoms with van der Waals surface area (Å²) >= 11 is 0. The molecule has 3 aromatic rings. The number of hydrogen-bond donors (Lipinski definition) is 2. The maximum atomic E-state index is 13.1. The molecule has 2 heterocycles. The molecule has 1 aliphatic rings. The molecular formula is C21H19FN4O3. The van der Waals surface area contributed by atoms with Gasteiger partial charge in [-0.1, -0.05) is 18.2 Å².